The molecule has 1 aliphatic heterocycles. The Morgan fingerprint density at radius 3 is 2.60 bits per heavy atom. The molecular weight excluding hydrogens is 322 g/mol. The molecule has 0 aromatic heterocycles. The standard InChI is InChI=1S/C19H19NO5/c21-18(12-14-4-5-16-17(11-14)25-9-8-24-16)20-7-6-13-2-1-3-15(10-13)19(22)23/h1-5,10-11H,6-9,12H2,(H,20,21)(H,22,23). The molecule has 0 saturated heterocycles. The second-order valence-electron chi connectivity index (χ2n) is 5.76. The molecule has 0 saturated carbocycles. The molecule has 2 aromatic rings. The molecule has 0 fully saturated rings. The largest absolute Gasteiger partial charge is 0.486 e. The van der Waals surface area contributed by atoms with Crippen molar-refractivity contribution >= 4 is 11.9 Å². The molecule has 0 radical (unpaired) electrons. The molecule has 0 unspecified atom stereocenters. The number of benzene rings is 2. The Labute approximate surface area is 145 Å². The van der Waals surface area contributed by atoms with Gasteiger partial charge in [-0.3, -0.25) is 4.79 Å². The molecule has 6 heteroatoms. The zero-order valence-corrected chi connectivity index (χ0v) is 13.7. The highest BCUT2D eigenvalue weighted by Gasteiger charge is 2.13. The molecule has 2 aromatic carbocycles. The summed E-state index contributed by atoms with van der Waals surface area (Å²) in [5, 5.41) is 11.8. The summed E-state index contributed by atoms with van der Waals surface area (Å²) in [6.45, 7) is 1.50. The Hall–Kier alpha value is -3.02. The minimum atomic E-state index is -0.954. The number of aromatic carboxylic acids is 1. The first kappa shape index (κ1) is 16.8. The van der Waals surface area contributed by atoms with E-state index in [-0.39, 0.29) is 17.9 Å². The van der Waals surface area contributed by atoms with Crippen molar-refractivity contribution in [1.29, 1.82) is 0 Å². The van der Waals surface area contributed by atoms with Gasteiger partial charge in [-0.2, -0.15) is 0 Å². The second-order valence-corrected chi connectivity index (χ2v) is 5.76. The Balaban J connectivity index is 1.50. The minimum Gasteiger partial charge on any atom is -0.486 e. The van der Waals surface area contributed by atoms with E-state index in [9.17, 15) is 9.59 Å². The highest BCUT2D eigenvalue weighted by Crippen LogP contribution is 2.30. The SMILES string of the molecule is O=C(Cc1ccc2c(c1)OCCO2)NCCc1cccc(C(=O)O)c1. The third-order valence-electron chi connectivity index (χ3n) is 3.88. The van der Waals surface area contributed by atoms with E-state index >= 15 is 0 Å². The van der Waals surface area contributed by atoms with Crippen molar-refractivity contribution in [1.82, 2.24) is 5.32 Å². The van der Waals surface area contributed by atoms with E-state index in [1.165, 1.54) is 0 Å². The van der Waals surface area contributed by atoms with Gasteiger partial charge in [0.15, 0.2) is 11.5 Å². The van der Waals surface area contributed by atoms with Crippen molar-refractivity contribution in [3.63, 3.8) is 0 Å². The first-order chi connectivity index (χ1) is 12.1. The van der Waals surface area contributed by atoms with E-state index in [2.05, 4.69) is 5.32 Å². The van der Waals surface area contributed by atoms with Gasteiger partial charge >= 0.3 is 5.97 Å². The molecule has 25 heavy (non-hydrogen) atoms. The third-order valence-corrected chi connectivity index (χ3v) is 3.88. The van der Waals surface area contributed by atoms with Gasteiger partial charge in [0.25, 0.3) is 0 Å². The fourth-order valence-corrected chi connectivity index (χ4v) is 2.65. The summed E-state index contributed by atoms with van der Waals surface area (Å²) in [6, 6.07) is 12.2. The molecule has 0 spiro atoms. The van der Waals surface area contributed by atoms with Gasteiger partial charge in [-0.05, 0) is 41.8 Å². The number of rotatable bonds is 6. The molecule has 6 nitrogen and oxygen atoms in total. The lowest BCUT2D eigenvalue weighted by atomic mass is 10.1. The molecule has 2 N–H and O–H groups in total. The van der Waals surface area contributed by atoms with Crippen LogP contribution in [0, 0.1) is 0 Å². The van der Waals surface area contributed by atoms with Gasteiger partial charge in [0.05, 0.1) is 12.0 Å². The van der Waals surface area contributed by atoms with Crippen LogP contribution in [0.5, 0.6) is 11.5 Å². The number of carboxylic acids is 1. The van der Waals surface area contributed by atoms with Crippen LogP contribution in [0.3, 0.4) is 0 Å². The van der Waals surface area contributed by atoms with Crippen LogP contribution >= 0.6 is 0 Å². The van der Waals surface area contributed by atoms with Crippen molar-refractivity contribution < 1.29 is 24.2 Å². The molecule has 0 atom stereocenters. The van der Waals surface area contributed by atoms with E-state index in [0.29, 0.717) is 37.7 Å². The van der Waals surface area contributed by atoms with Crippen molar-refractivity contribution in [3.05, 3.63) is 59.2 Å². The average Bonchev–Trinajstić information content (AvgIpc) is 2.62. The molecule has 0 aliphatic carbocycles. The lowest BCUT2D eigenvalue weighted by Crippen LogP contribution is -2.27. The normalized spacial score (nSPS) is 12.5. The molecule has 0 bridgehead atoms. The van der Waals surface area contributed by atoms with Gasteiger partial charge < -0.3 is 19.9 Å². The van der Waals surface area contributed by atoms with Crippen LogP contribution in [0.4, 0.5) is 0 Å². The number of carboxylic acid groups (broad SMARTS) is 1. The van der Waals surface area contributed by atoms with Crippen LogP contribution in [0.25, 0.3) is 0 Å². The van der Waals surface area contributed by atoms with Gasteiger partial charge in [0, 0.05) is 6.54 Å². The summed E-state index contributed by atoms with van der Waals surface area (Å²) < 4.78 is 11.0. The summed E-state index contributed by atoms with van der Waals surface area (Å²) in [5.74, 6) is 0.325. The summed E-state index contributed by atoms with van der Waals surface area (Å²) in [7, 11) is 0. The number of amides is 1. The fraction of sp³-hybridized carbons (Fsp3) is 0.263. The van der Waals surface area contributed by atoms with E-state index < -0.39 is 5.97 Å². The van der Waals surface area contributed by atoms with E-state index in [0.717, 1.165) is 11.1 Å². The molecule has 3 rings (SSSR count). The molecular formula is C19H19NO5. The second kappa shape index (κ2) is 7.70. The monoisotopic (exact) mass is 341 g/mol. The van der Waals surface area contributed by atoms with E-state index in [1.807, 2.05) is 24.3 Å². The Morgan fingerprint density at radius 1 is 1.00 bits per heavy atom. The number of hydrogen-bond acceptors (Lipinski definition) is 4. The molecule has 1 amide bonds. The van der Waals surface area contributed by atoms with E-state index in [4.69, 9.17) is 14.6 Å². The van der Waals surface area contributed by atoms with Crippen LogP contribution < -0.4 is 14.8 Å². The average molecular weight is 341 g/mol. The first-order valence-electron chi connectivity index (χ1n) is 8.09. The Kier molecular flexibility index (Phi) is 5.18. The number of carbonyl (C=O) groups excluding carboxylic acids is 1. The van der Waals surface area contributed by atoms with Gasteiger partial charge in [0.2, 0.25) is 5.91 Å². The quantitative estimate of drug-likeness (QED) is 0.840. The molecule has 130 valence electrons. The lowest BCUT2D eigenvalue weighted by molar-refractivity contribution is -0.120. The van der Waals surface area contributed by atoms with Crippen LogP contribution in [-0.4, -0.2) is 36.7 Å². The van der Waals surface area contributed by atoms with Gasteiger partial charge in [-0.1, -0.05) is 18.2 Å². The van der Waals surface area contributed by atoms with Crippen LogP contribution in [0.15, 0.2) is 42.5 Å². The predicted molar refractivity (Wildman–Crippen MR) is 91.3 cm³/mol. The van der Waals surface area contributed by atoms with Crippen LogP contribution in [0.2, 0.25) is 0 Å². The smallest absolute Gasteiger partial charge is 0.335 e. The van der Waals surface area contributed by atoms with Gasteiger partial charge in [-0.15, -0.1) is 0 Å². The van der Waals surface area contributed by atoms with Gasteiger partial charge in [-0.25, -0.2) is 4.79 Å². The lowest BCUT2D eigenvalue weighted by Gasteiger charge is -2.18. The predicted octanol–water partition coefficient (Wildman–Crippen LogP) is 2.06. The highest BCUT2D eigenvalue weighted by atomic mass is 16.6. The minimum absolute atomic E-state index is 0.0916. The maximum Gasteiger partial charge on any atom is 0.335 e. The van der Waals surface area contributed by atoms with Crippen molar-refractivity contribution in [2.75, 3.05) is 19.8 Å². The molecule has 1 heterocycles. The number of hydrogen-bond donors (Lipinski definition) is 2. The van der Waals surface area contributed by atoms with Crippen LogP contribution in [-0.2, 0) is 17.6 Å². The summed E-state index contributed by atoms with van der Waals surface area (Å²) in [5.41, 5.74) is 1.98. The number of nitrogens with one attached hydrogen (secondary N) is 1. The van der Waals surface area contributed by atoms with Crippen LogP contribution in [0.1, 0.15) is 21.5 Å². The number of fused-ring (bicyclic) bond motifs is 1. The topological polar surface area (TPSA) is 84.9 Å². The maximum atomic E-state index is 12.1. The Morgan fingerprint density at radius 2 is 1.80 bits per heavy atom. The van der Waals surface area contributed by atoms with Crippen molar-refractivity contribution in [3.8, 4) is 11.5 Å². The van der Waals surface area contributed by atoms with E-state index in [1.54, 1.807) is 18.2 Å². The third kappa shape index (κ3) is 4.50. The zero-order chi connectivity index (χ0) is 17.6. The Bertz CT molecular complexity index is 787. The van der Waals surface area contributed by atoms with Crippen molar-refractivity contribution in [2.24, 2.45) is 0 Å². The first-order valence-corrected chi connectivity index (χ1v) is 8.09. The fourth-order valence-electron chi connectivity index (χ4n) is 2.65. The van der Waals surface area contributed by atoms with Gasteiger partial charge in [0.1, 0.15) is 13.2 Å². The zero-order valence-electron chi connectivity index (χ0n) is 13.7. The highest BCUT2D eigenvalue weighted by molar-refractivity contribution is 5.87. The maximum absolute atomic E-state index is 12.1. The van der Waals surface area contributed by atoms with Crippen molar-refractivity contribution in [2.45, 2.75) is 12.8 Å². The summed E-state index contributed by atoms with van der Waals surface area (Å²) >= 11 is 0. The summed E-state index contributed by atoms with van der Waals surface area (Å²) in [6.07, 6.45) is 0.833. The number of carbonyl (C=O) groups is 2. The molecule has 1 aliphatic rings. The summed E-state index contributed by atoms with van der Waals surface area (Å²) in [4.78, 5) is 23.0. The number of ether oxygens (including phenoxy) is 2.